The average Bonchev–Trinajstić information content (AvgIpc) is 2.38. The minimum Gasteiger partial charge on any atom is -0.497 e. The summed E-state index contributed by atoms with van der Waals surface area (Å²) in [5.41, 5.74) is 7.62. The van der Waals surface area contributed by atoms with Gasteiger partial charge in [-0.15, -0.1) is 0 Å². The van der Waals surface area contributed by atoms with Crippen LogP contribution in [0, 0.1) is 11.8 Å². The first kappa shape index (κ1) is 12.4. The summed E-state index contributed by atoms with van der Waals surface area (Å²) in [6.45, 7) is 2.34. The molecule has 17 heavy (non-hydrogen) atoms. The Labute approximate surface area is 104 Å². The predicted octanol–water partition coefficient (Wildman–Crippen LogP) is 3.52. The van der Waals surface area contributed by atoms with Crippen molar-refractivity contribution in [2.24, 2.45) is 17.6 Å². The van der Waals surface area contributed by atoms with Gasteiger partial charge in [0.25, 0.3) is 0 Å². The van der Waals surface area contributed by atoms with E-state index in [0.29, 0.717) is 5.92 Å². The molecule has 1 aromatic carbocycles. The first-order valence-corrected chi connectivity index (χ1v) is 6.60. The molecule has 0 bridgehead atoms. The molecule has 1 fully saturated rings. The van der Waals surface area contributed by atoms with E-state index in [4.69, 9.17) is 10.5 Å². The molecule has 1 aliphatic rings. The van der Waals surface area contributed by atoms with E-state index < -0.39 is 0 Å². The third-order valence-electron chi connectivity index (χ3n) is 3.99. The Morgan fingerprint density at radius 1 is 1.24 bits per heavy atom. The third-order valence-corrected chi connectivity index (χ3v) is 3.99. The maximum atomic E-state index is 6.38. The summed E-state index contributed by atoms with van der Waals surface area (Å²) in [5, 5.41) is 0. The Hall–Kier alpha value is -1.02. The quantitative estimate of drug-likeness (QED) is 0.867. The number of hydrogen-bond donors (Lipinski definition) is 1. The van der Waals surface area contributed by atoms with Crippen molar-refractivity contribution in [1.82, 2.24) is 0 Å². The second-order valence-electron chi connectivity index (χ2n) is 5.33. The Kier molecular flexibility index (Phi) is 4.06. The smallest absolute Gasteiger partial charge is 0.118 e. The van der Waals surface area contributed by atoms with Crippen LogP contribution in [0.4, 0.5) is 0 Å². The van der Waals surface area contributed by atoms with Gasteiger partial charge in [-0.1, -0.05) is 31.9 Å². The molecule has 0 amide bonds. The minimum absolute atomic E-state index is 0.184. The van der Waals surface area contributed by atoms with Crippen LogP contribution in [-0.2, 0) is 0 Å². The third kappa shape index (κ3) is 3.01. The van der Waals surface area contributed by atoms with Crippen LogP contribution in [0.15, 0.2) is 24.3 Å². The fourth-order valence-electron chi connectivity index (χ4n) is 2.91. The number of nitrogens with two attached hydrogens (primary N) is 1. The highest BCUT2D eigenvalue weighted by Crippen LogP contribution is 2.36. The molecule has 2 N–H and O–H groups in total. The highest BCUT2D eigenvalue weighted by molar-refractivity contribution is 5.29. The lowest BCUT2D eigenvalue weighted by Crippen LogP contribution is -2.26. The van der Waals surface area contributed by atoms with Crippen molar-refractivity contribution in [3.8, 4) is 5.75 Å². The van der Waals surface area contributed by atoms with Crippen LogP contribution >= 0.6 is 0 Å². The summed E-state index contributed by atoms with van der Waals surface area (Å²) < 4.78 is 5.17. The van der Waals surface area contributed by atoms with Gasteiger partial charge < -0.3 is 10.5 Å². The Bertz CT molecular complexity index is 346. The maximum Gasteiger partial charge on any atom is 0.118 e. The Balaban J connectivity index is 2.04. The number of benzene rings is 1. The number of hydrogen-bond acceptors (Lipinski definition) is 2. The molecule has 3 unspecified atom stereocenters. The van der Waals surface area contributed by atoms with Crippen molar-refractivity contribution in [3.63, 3.8) is 0 Å². The van der Waals surface area contributed by atoms with E-state index in [1.807, 2.05) is 12.1 Å². The van der Waals surface area contributed by atoms with Gasteiger partial charge in [0.2, 0.25) is 0 Å². The Morgan fingerprint density at radius 2 is 1.94 bits per heavy atom. The van der Waals surface area contributed by atoms with Gasteiger partial charge in [0.1, 0.15) is 5.75 Å². The van der Waals surface area contributed by atoms with Crippen molar-refractivity contribution < 1.29 is 4.74 Å². The summed E-state index contributed by atoms with van der Waals surface area (Å²) in [6, 6.07) is 8.39. The summed E-state index contributed by atoms with van der Waals surface area (Å²) in [7, 11) is 1.69. The number of methoxy groups -OCH3 is 1. The summed E-state index contributed by atoms with van der Waals surface area (Å²) in [4.78, 5) is 0. The molecule has 0 heterocycles. The first-order valence-electron chi connectivity index (χ1n) is 6.60. The van der Waals surface area contributed by atoms with E-state index in [9.17, 15) is 0 Å². The van der Waals surface area contributed by atoms with Gasteiger partial charge in [0, 0.05) is 6.04 Å². The summed E-state index contributed by atoms with van der Waals surface area (Å²) >= 11 is 0. The first-order chi connectivity index (χ1) is 8.20. The summed E-state index contributed by atoms with van der Waals surface area (Å²) in [6.07, 6.45) is 5.24. The fourth-order valence-corrected chi connectivity index (χ4v) is 2.91. The largest absolute Gasteiger partial charge is 0.497 e. The van der Waals surface area contributed by atoms with Crippen LogP contribution in [0.5, 0.6) is 5.75 Å². The van der Waals surface area contributed by atoms with Gasteiger partial charge in [0.15, 0.2) is 0 Å². The zero-order valence-electron chi connectivity index (χ0n) is 10.9. The lowest BCUT2D eigenvalue weighted by atomic mass is 9.77. The molecular formula is C15H23NO. The van der Waals surface area contributed by atoms with E-state index in [1.165, 1.54) is 31.2 Å². The zero-order chi connectivity index (χ0) is 12.3. The average molecular weight is 233 g/mol. The van der Waals surface area contributed by atoms with E-state index in [2.05, 4.69) is 19.1 Å². The number of rotatable bonds is 3. The van der Waals surface area contributed by atoms with Gasteiger partial charge in [-0.3, -0.25) is 0 Å². The van der Waals surface area contributed by atoms with Gasteiger partial charge in [-0.25, -0.2) is 0 Å². The predicted molar refractivity (Wildman–Crippen MR) is 71.0 cm³/mol. The van der Waals surface area contributed by atoms with Crippen LogP contribution in [0.2, 0.25) is 0 Å². The molecular weight excluding hydrogens is 210 g/mol. The van der Waals surface area contributed by atoms with Crippen molar-refractivity contribution >= 4 is 0 Å². The molecule has 0 radical (unpaired) electrons. The molecule has 0 spiro atoms. The lowest BCUT2D eigenvalue weighted by molar-refractivity contribution is 0.248. The molecule has 1 aliphatic carbocycles. The standard InChI is InChI=1S/C15H23NO/c1-11-4-3-5-13(10-11)15(16)12-6-8-14(17-2)9-7-12/h6-9,11,13,15H,3-5,10,16H2,1-2H3. The van der Waals surface area contributed by atoms with Crippen LogP contribution < -0.4 is 10.5 Å². The fraction of sp³-hybridized carbons (Fsp3) is 0.600. The molecule has 2 rings (SSSR count). The van der Waals surface area contributed by atoms with Crippen LogP contribution in [0.25, 0.3) is 0 Å². The number of ether oxygens (including phenoxy) is 1. The molecule has 1 saturated carbocycles. The zero-order valence-corrected chi connectivity index (χ0v) is 10.9. The maximum absolute atomic E-state index is 6.38. The topological polar surface area (TPSA) is 35.2 Å². The highest BCUT2D eigenvalue weighted by Gasteiger charge is 2.25. The van der Waals surface area contributed by atoms with Crippen LogP contribution in [0.3, 0.4) is 0 Å². The monoisotopic (exact) mass is 233 g/mol. The molecule has 1 aromatic rings. The van der Waals surface area contributed by atoms with E-state index in [0.717, 1.165) is 11.7 Å². The second kappa shape index (κ2) is 5.54. The van der Waals surface area contributed by atoms with Gasteiger partial charge in [-0.2, -0.15) is 0 Å². The van der Waals surface area contributed by atoms with Gasteiger partial charge >= 0.3 is 0 Å². The van der Waals surface area contributed by atoms with Crippen molar-refractivity contribution in [1.29, 1.82) is 0 Å². The highest BCUT2D eigenvalue weighted by atomic mass is 16.5. The molecule has 3 atom stereocenters. The molecule has 2 heteroatoms. The lowest BCUT2D eigenvalue weighted by Gasteiger charge is -2.31. The van der Waals surface area contributed by atoms with E-state index in [1.54, 1.807) is 7.11 Å². The van der Waals surface area contributed by atoms with Crippen LogP contribution in [0.1, 0.15) is 44.2 Å². The molecule has 0 aliphatic heterocycles. The van der Waals surface area contributed by atoms with Crippen molar-refractivity contribution in [3.05, 3.63) is 29.8 Å². The van der Waals surface area contributed by atoms with Crippen molar-refractivity contribution in [2.75, 3.05) is 7.11 Å². The minimum atomic E-state index is 0.184. The van der Waals surface area contributed by atoms with Gasteiger partial charge in [0.05, 0.1) is 7.11 Å². The van der Waals surface area contributed by atoms with E-state index >= 15 is 0 Å². The SMILES string of the molecule is COc1ccc(C(N)C2CCCC(C)C2)cc1. The van der Waals surface area contributed by atoms with Crippen molar-refractivity contribution in [2.45, 2.75) is 38.6 Å². The molecule has 94 valence electrons. The van der Waals surface area contributed by atoms with E-state index in [-0.39, 0.29) is 6.04 Å². The van der Waals surface area contributed by atoms with Gasteiger partial charge in [-0.05, 0) is 42.4 Å². The summed E-state index contributed by atoms with van der Waals surface area (Å²) in [5.74, 6) is 2.38. The van der Waals surface area contributed by atoms with Crippen LogP contribution in [-0.4, -0.2) is 7.11 Å². The molecule has 0 saturated heterocycles. The second-order valence-corrected chi connectivity index (χ2v) is 5.33. The normalized spacial score (nSPS) is 26.5. The Morgan fingerprint density at radius 3 is 2.53 bits per heavy atom. The molecule has 0 aromatic heterocycles. The molecule has 2 nitrogen and oxygen atoms in total.